The summed E-state index contributed by atoms with van der Waals surface area (Å²) in [7, 11) is 0. The molecule has 0 heterocycles. The number of benzene rings is 1. The van der Waals surface area contributed by atoms with Crippen molar-refractivity contribution >= 4 is 29.0 Å². The summed E-state index contributed by atoms with van der Waals surface area (Å²) in [5.41, 5.74) is 0.420. The zero-order valence-corrected chi connectivity index (χ0v) is 9.64. The number of carbonyl (C=O) groups is 1. The van der Waals surface area contributed by atoms with E-state index < -0.39 is 0 Å². The average Bonchev–Trinajstić information content (AvgIpc) is 2.17. The SMILES string of the molecule is CC(CC#N)C(=O)c1ccc(Cl)cc1Cl. The van der Waals surface area contributed by atoms with Crippen LogP contribution in [0.15, 0.2) is 18.2 Å². The van der Waals surface area contributed by atoms with E-state index in [-0.39, 0.29) is 18.1 Å². The minimum Gasteiger partial charge on any atom is -0.294 e. The maximum atomic E-state index is 11.8. The van der Waals surface area contributed by atoms with Crippen molar-refractivity contribution in [2.45, 2.75) is 13.3 Å². The van der Waals surface area contributed by atoms with Gasteiger partial charge in [-0.1, -0.05) is 30.1 Å². The van der Waals surface area contributed by atoms with E-state index in [1.807, 2.05) is 6.07 Å². The van der Waals surface area contributed by atoms with E-state index in [0.717, 1.165) is 0 Å². The van der Waals surface area contributed by atoms with E-state index in [0.29, 0.717) is 15.6 Å². The molecular formula is C11H9Cl2NO. The number of ketones is 1. The fourth-order valence-electron chi connectivity index (χ4n) is 1.18. The second-order valence-corrected chi connectivity index (χ2v) is 4.10. The second-order valence-electron chi connectivity index (χ2n) is 3.25. The Morgan fingerprint density at radius 2 is 2.20 bits per heavy atom. The molecular weight excluding hydrogens is 233 g/mol. The number of hydrogen-bond acceptors (Lipinski definition) is 2. The lowest BCUT2D eigenvalue weighted by molar-refractivity contribution is 0.0932. The first-order valence-electron chi connectivity index (χ1n) is 4.42. The molecule has 0 spiro atoms. The Balaban J connectivity index is 2.97. The summed E-state index contributed by atoms with van der Waals surface area (Å²) < 4.78 is 0. The number of nitrogens with zero attached hydrogens (tertiary/aromatic N) is 1. The Bertz CT molecular complexity index is 423. The molecule has 0 bridgehead atoms. The number of nitriles is 1. The van der Waals surface area contributed by atoms with Crippen molar-refractivity contribution in [1.82, 2.24) is 0 Å². The number of carbonyl (C=O) groups excluding carboxylic acids is 1. The van der Waals surface area contributed by atoms with Crippen LogP contribution in [0.2, 0.25) is 10.0 Å². The predicted molar refractivity (Wildman–Crippen MR) is 60.2 cm³/mol. The normalized spacial score (nSPS) is 11.9. The van der Waals surface area contributed by atoms with Crippen molar-refractivity contribution in [3.05, 3.63) is 33.8 Å². The zero-order valence-electron chi connectivity index (χ0n) is 8.13. The molecule has 0 N–H and O–H groups in total. The first-order chi connectivity index (χ1) is 7.06. The van der Waals surface area contributed by atoms with E-state index in [1.54, 1.807) is 19.1 Å². The molecule has 0 saturated heterocycles. The van der Waals surface area contributed by atoms with Crippen molar-refractivity contribution in [2.24, 2.45) is 5.92 Å². The molecule has 0 aromatic heterocycles. The Labute approximate surface area is 98.4 Å². The lowest BCUT2D eigenvalue weighted by atomic mass is 9.97. The van der Waals surface area contributed by atoms with Crippen molar-refractivity contribution in [3.8, 4) is 6.07 Å². The summed E-state index contributed by atoms with van der Waals surface area (Å²) in [4.78, 5) is 11.8. The summed E-state index contributed by atoms with van der Waals surface area (Å²) in [6.45, 7) is 1.70. The van der Waals surface area contributed by atoms with Gasteiger partial charge in [-0.15, -0.1) is 0 Å². The van der Waals surface area contributed by atoms with E-state index in [9.17, 15) is 4.79 Å². The van der Waals surface area contributed by atoms with Gasteiger partial charge in [-0.3, -0.25) is 4.79 Å². The molecule has 1 unspecified atom stereocenters. The van der Waals surface area contributed by atoms with E-state index in [4.69, 9.17) is 28.5 Å². The zero-order chi connectivity index (χ0) is 11.4. The van der Waals surface area contributed by atoms with Crippen LogP contribution in [-0.2, 0) is 0 Å². The lowest BCUT2D eigenvalue weighted by Crippen LogP contribution is -2.11. The van der Waals surface area contributed by atoms with Gasteiger partial charge in [0.05, 0.1) is 11.1 Å². The second kappa shape index (κ2) is 5.16. The Kier molecular flexibility index (Phi) is 4.14. The lowest BCUT2D eigenvalue weighted by Gasteiger charge is -2.07. The van der Waals surface area contributed by atoms with Gasteiger partial charge < -0.3 is 0 Å². The van der Waals surface area contributed by atoms with Crippen LogP contribution in [0.3, 0.4) is 0 Å². The van der Waals surface area contributed by atoms with Gasteiger partial charge in [0.1, 0.15) is 0 Å². The first kappa shape index (κ1) is 12.0. The van der Waals surface area contributed by atoms with Crippen LogP contribution in [-0.4, -0.2) is 5.78 Å². The topological polar surface area (TPSA) is 40.9 Å². The average molecular weight is 242 g/mol. The number of hydrogen-bond donors (Lipinski definition) is 0. The highest BCUT2D eigenvalue weighted by atomic mass is 35.5. The Morgan fingerprint density at radius 3 is 2.73 bits per heavy atom. The molecule has 15 heavy (non-hydrogen) atoms. The molecule has 78 valence electrons. The summed E-state index contributed by atoms with van der Waals surface area (Å²) in [5.74, 6) is -0.466. The highest BCUT2D eigenvalue weighted by Gasteiger charge is 2.17. The molecule has 0 aliphatic heterocycles. The molecule has 1 atom stereocenters. The molecule has 0 radical (unpaired) electrons. The van der Waals surface area contributed by atoms with Gasteiger partial charge in [0.2, 0.25) is 0 Å². The predicted octanol–water partition coefficient (Wildman–Crippen LogP) is 3.73. The molecule has 1 rings (SSSR count). The highest BCUT2D eigenvalue weighted by Crippen LogP contribution is 2.24. The van der Waals surface area contributed by atoms with Crippen molar-refractivity contribution in [2.75, 3.05) is 0 Å². The van der Waals surface area contributed by atoms with Gasteiger partial charge in [0.25, 0.3) is 0 Å². The summed E-state index contributed by atoms with van der Waals surface area (Å²) in [5, 5.41) is 9.31. The molecule has 0 saturated carbocycles. The molecule has 0 amide bonds. The Morgan fingerprint density at radius 1 is 1.53 bits per heavy atom. The van der Waals surface area contributed by atoms with Crippen molar-refractivity contribution in [3.63, 3.8) is 0 Å². The van der Waals surface area contributed by atoms with Gasteiger partial charge in [0, 0.05) is 22.9 Å². The van der Waals surface area contributed by atoms with E-state index in [2.05, 4.69) is 0 Å². The van der Waals surface area contributed by atoms with E-state index >= 15 is 0 Å². The van der Waals surface area contributed by atoms with Crippen molar-refractivity contribution < 1.29 is 4.79 Å². The smallest absolute Gasteiger partial charge is 0.168 e. The molecule has 4 heteroatoms. The van der Waals surface area contributed by atoms with Crippen molar-refractivity contribution in [1.29, 1.82) is 5.26 Å². The first-order valence-corrected chi connectivity index (χ1v) is 5.18. The molecule has 0 aliphatic rings. The minimum atomic E-state index is -0.339. The van der Waals surface area contributed by atoms with E-state index in [1.165, 1.54) is 6.07 Å². The summed E-state index contributed by atoms with van der Waals surface area (Å²) >= 11 is 11.6. The van der Waals surface area contributed by atoms with Crippen LogP contribution in [0.1, 0.15) is 23.7 Å². The molecule has 1 aromatic carbocycles. The van der Waals surface area contributed by atoms with Crippen LogP contribution in [0, 0.1) is 17.2 Å². The van der Waals surface area contributed by atoms with Crippen LogP contribution < -0.4 is 0 Å². The summed E-state index contributed by atoms with van der Waals surface area (Å²) in [6.07, 6.45) is 0.192. The van der Waals surface area contributed by atoms with Gasteiger partial charge in [-0.25, -0.2) is 0 Å². The van der Waals surface area contributed by atoms with Crippen LogP contribution in [0.4, 0.5) is 0 Å². The molecule has 0 fully saturated rings. The van der Waals surface area contributed by atoms with Gasteiger partial charge in [-0.05, 0) is 18.2 Å². The number of Topliss-reactive ketones (excluding diaryl/α,β-unsaturated/α-hetero) is 1. The largest absolute Gasteiger partial charge is 0.294 e. The fraction of sp³-hybridized carbons (Fsp3) is 0.273. The number of halogens is 2. The third-order valence-electron chi connectivity index (χ3n) is 2.04. The van der Waals surface area contributed by atoms with Crippen LogP contribution in [0.5, 0.6) is 0 Å². The number of rotatable bonds is 3. The highest BCUT2D eigenvalue weighted by molar-refractivity contribution is 6.36. The van der Waals surface area contributed by atoms with Gasteiger partial charge in [-0.2, -0.15) is 5.26 Å². The van der Waals surface area contributed by atoms with Crippen LogP contribution >= 0.6 is 23.2 Å². The van der Waals surface area contributed by atoms with Crippen LogP contribution in [0.25, 0.3) is 0 Å². The maximum Gasteiger partial charge on any atom is 0.168 e. The monoisotopic (exact) mass is 241 g/mol. The molecule has 0 aliphatic carbocycles. The minimum absolute atomic E-state index is 0.127. The van der Waals surface area contributed by atoms with Gasteiger partial charge >= 0.3 is 0 Å². The standard InChI is InChI=1S/C11H9Cl2NO/c1-7(4-5-14)11(15)9-3-2-8(12)6-10(9)13/h2-3,6-7H,4H2,1H3. The Hall–Kier alpha value is -1.04. The third-order valence-corrected chi connectivity index (χ3v) is 2.59. The third kappa shape index (κ3) is 2.95. The maximum absolute atomic E-state index is 11.8. The fourth-order valence-corrected chi connectivity index (χ4v) is 1.69. The summed E-state index contributed by atoms with van der Waals surface area (Å²) in [6, 6.07) is 6.68. The molecule has 1 aromatic rings. The van der Waals surface area contributed by atoms with Gasteiger partial charge in [0.15, 0.2) is 5.78 Å². The molecule has 2 nitrogen and oxygen atoms in total. The quantitative estimate of drug-likeness (QED) is 0.757.